The zero-order valence-electron chi connectivity index (χ0n) is 6.83. The number of hydrogen-bond acceptors (Lipinski definition) is 2. The van der Waals surface area contributed by atoms with Gasteiger partial charge in [0.2, 0.25) is 0 Å². The molecular formula is C9H8N2OS. The van der Waals surface area contributed by atoms with E-state index in [-0.39, 0.29) is 5.91 Å². The van der Waals surface area contributed by atoms with Crippen LogP contribution >= 0.6 is 12.2 Å². The number of fused-ring (bicyclic) bond motifs is 1. The average Bonchev–Trinajstić information content (AvgIpc) is 2.48. The van der Waals surface area contributed by atoms with Gasteiger partial charge in [-0.15, -0.1) is 0 Å². The van der Waals surface area contributed by atoms with Gasteiger partial charge in [-0.25, -0.2) is 0 Å². The van der Waals surface area contributed by atoms with E-state index in [4.69, 9.17) is 18.0 Å². The summed E-state index contributed by atoms with van der Waals surface area (Å²) in [7, 11) is 0. The van der Waals surface area contributed by atoms with Crippen LogP contribution in [0.1, 0.15) is 21.5 Å². The summed E-state index contributed by atoms with van der Waals surface area (Å²) in [5.41, 5.74) is 7.92. The Morgan fingerprint density at radius 3 is 3.00 bits per heavy atom. The molecule has 1 aromatic carbocycles. The lowest BCUT2D eigenvalue weighted by atomic mass is 10.0. The number of carbonyl (C=O) groups excluding carboxylic acids is 1. The summed E-state index contributed by atoms with van der Waals surface area (Å²) in [5, 5.41) is 2.73. The van der Waals surface area contributed by atoms with Crippen LogP contribution < -0.4 is 11.1 Å². The first-order valence-corrected chi connectivity index (χ1v) is 4.31. The number of hydrogen-bond donors (Lipinski definition) is 2. The van der Waals surface area contributed by atoms with Crippen LogP contribution in [0.2, 0.25) is 0 Å². The minimum Gasteiger partial charge on any atom is -0.389 e. The first-order valence-electron chi connectivity index (χ1n) is 3.90. The Bertz CT molecular complexity index is 401. The lowest BCUT2D eigenvalue weighted by Gasteiger charge is -2.03. The fourth-order valence-corrected chi connectivity index (χ4v) is 1.68. The molecule has 0 bridgehead atoms. The number of thiocarbonyl (C=S) groups is 1. The summed E-state index contributed by atoms with van der Waals surface area (Å²) < 4.78 is 0. The minimum absolute atomic E-state index is 0.0481. The van der Waals surface area contributed by atoms with Crippen molar-refractivity contribution in [3.05, 3.63) is 34.9 Å². The van der Waals surface area contributed by atoms with Gasteiger partial charge in [-0.2, -0.15) is 0 Å². The van der Waals surface area contributed by atoms with Crippen LogP contribution in [0.3, 0.4) is 0 Å². The van der Waals surface area contributed by atoms with Crippen molar-refractivity contribution in [2.24, 2.45) is 5.73 Å². The van der Waals surface area contributed by atoms with E-state index in [1.807, 2.05) is 6.07 Å². The maximum Gasteiger partial charge on any atom is 0.251 e. The van der Waals surface area contributed by atoms with Crippen molar-refractivity contribution >= 4 is 23.1 Å². The predicted molar refractivity (Wildman–Crippen MR) is 53.5 cm³/mol. The molecule has 1 aromatic rings. The van der Waals surface area contributed by atoms with Gasteiger partial charge >= 0.3 is 0 Å². The third-order valence-electron chi connectivity index (χ3n) is 2.11. The van der Waals surface area contributed by atoms with E-state index < -0.39 is 0 Å². The van der Waals surface area contributed by atoms with Gasteiger partial charge in [-0.3, -0.25) is 4.79 Å². The zero-order valence-corrected chi connectivity index (χ0v) is 7.65. The summed E-state index contributed by atoms with van der Waals surface area (Å²) >= 11 is 4.88. The van der Waals surface area contributed by atoms with Crippen LogP contribution in [-0.4, -0.2) is 10.9 Å². The third kappa shape index (κ3) is 1.19. The molecule has 3 N–H and O–H groups in total. The highest BCUT2D eigenvalue weighted by atomic mass is 32.1. The molecule has 4 heteroatoms. The standard InChI is InChI=1S/C9H8N2OS/c10-8(13)5-2-1-3-6-7(5)4-11-9(6)12/h1-3H,4H2,(H2,10,13)(H,11,12). The molecule has 66 valence electrons. The van der Waals surface area contributed by atoms with Crippen molar-refractivity contribution in [2.45, 2.75) is 6.54 Å². The highest BCUT2D eigenvalue weighted by Crippen LogP contribution is 2.19. The van der Waals surface area contributed by atoms with Crippen LogP contribution in [-0.2, 0) is 6.54 Å². The monoisotopic (exact) mass is 192 g/mol. The maximum atomic E-state index is 11.2. The molecule has 0 aliphatic carbocycles. The Balaban J connectivity index is 2.63. The van der Waals surface area contributed by atoms with E-state index in [1.165, 1.54) is 0 Å². The smallest absolute Gasteiger partial charge is 0.251 e. The van der Waals surface area contributed by atoms with Crippen LogP contribution in [0, 0.1) is 0 Å². The molecule has 1 amide bonds. The lowest BCUT2D eigenvalue weighted by Crippen LogP contribution is -2.13. The molecule has 0 saturated carbocycles. The first-order chi connectivity index (χ1) is 6.20. The fraction of sp³-hybridized carbons (Fsp3) is 0.111. The van der Waals surface area contributed by atoms with Gasteiger partial charge in [0, 0.05) is 17.7 Å². The Morgan fingerprint density at radius 2 is 2.31 bits per heavy atom. The van der Waals surface area contributed by atoms with E-state index in [1.54, 1.807) is 12.1 Å². The highest BCUT2D eigenvalue weighted by molar-refractivity contribution is 7.80. The van der Waals surface area contributed by atoms with E-state index in [9.17, 15) is 4.79 Å². The van der Waals surface area contributed by atoms with Crippen molar-refractivity contribution < 1.29 is 4.79 Å². The number of benzene rings is 1. The van der Waals surface area contributed by atoms with Crippen molar-refractivity contribution in [1.29, 1.82) is 0 Å². The molecule has 0 radical (unpaired) electrons. The number of nitrogens with two attached hydrogens (primary N) is 1. The third-order valence-corrected chi connectivity index (χ3v) is 2.33. The maximum absolute atomic E-state index is 11.2. The van der Waals surface area contributed by atoms with Crippen molar-refractivity contribution in [3.63, 3.8) is 0 Å². The lowest BCUT2D eigenvalue weighted by molar-refractivity contribution is 0.0966. The van der Waals surface area contributed by atoms with E-state index in [0.29, 0.717) is 17.1 Å². The Labute approximate surface area is 80.9 Å². The summed E-state index contributed by atoms with van der Waals surface area (Å²) in [6.45, 7) is 0.529. The molecule has 1 aliphatic rings. The molecule has 1 aliphatic heterocycles. The molecular weight excluding hydrogens is 184 g/mol. The molecule has 2 rings (SSSR count). The SMILES string of the molecule is NC(=S)c1cccc2c1CNC2=O. The Hall–Kier alpha value is -1.42. The highest BCUT2D eigenvalue weighted by Gasteiger charge is 2.21. The predicted octanol–water partition coefficient (Wildman–Crippen LogP) is 0.564. The summed E-state index contributed by atoms with van der Waals surface area (Å²) in [4.78, 5) is 11.6. The van der Waals surface area contributed by atoms with Crippen molar-refractivity contribution in [3.8, 4) is 0 Å². The zero-order chi connectivity index (χ0) is 9.42. The molecule has 0 atom stereocenters. The normalized spacial score (nSPS) is 13.7. The van der Waals surface area contributed by atoms with Gasteiger partial charge in [0.15, 0.2) is 0 Å². The Kier molecular flexibility index (Phi) is 1.77. The topological polar surface area (TPSA) is 55.1 Å². The second-order valence-electron chi connectivity index (χ2n) is 2.88. The molecule has 0 unspecified atom stereocenters. The molecule has 0 fully saturated rings. The molecule has 0 aromatic heterocycles. The van der Waals surface area contributed by atoms with E-state index in [0.717, 1.165) is 11.1 Å². The van der Waals surface area contributed by atoms with Crippen LogP contribution in [0.15, 0.2) is 18.2 Å². The van der Waals surface area contributed by atoms with Gasteiger partial charge in [-0.05, 0) is 11.6 Å². The Morgan fingerprint density at radius 1 is 1.54 bits per heavy atom. The molecule has 1 heterocycles. The van der Waals surface area contributed by atoms with Crippen molar-refractivity contribution in [2.75, 3.05) is 0 Å². The number of nitrogens with one attached hydrogen (secondary N) is 1. The quantitative estimate of drug-likeness (QED) is 0.639. The molecule has 0 saturated heterocycles. The number of amides is 1. The number of carbonyl (C=O) groups is 1. The van der Waals surface area contributed by atoms with Crippen LogP contribution in [0.4, 0.5) is 0 Å². The largest absolute Gasteiger partial charge is 0.389 e. The van der Waals surface area contributed by atoms with Gasteiger partial charge in [0.05, 0.1) is 0 Å². The average molecular weight is 192 g/mol. The molecule has 13 heavy (non-hydrogen) atoms. The summed E-state index contributed by atoms with van der Waals surface area (Å²) in [5.74, 6) is -0.0481. The van der Waals surface area contributed by atoms with Gasteiger partial charge in [-0.1, -0.05) is 24.4 Å². The molecule has 3 nitrogen and oxygen atoms in total. The second kappa shape index (κ2) is 2.81. The van der Waals surface area contributed by atoms with Gasteiger partial charge in [0.1, 0.15) is 4.99 Å². The van der Waals surface area contributed by atoms with Gasteiger partial charge < -0.3 is 11.1 Å². The van der Waals surface area contributed by atoms with E-state index in [2.05, 4.69) is 5.32 Å². The van der Waals surface area contributed by atoms with Crippen LogP contribution in [0.25, 0.3) is 0 Å². The van der Waals surface area contributed by atoms with Crippen molar-refractivity contribution in [1.82, 2.24) is 5.32 Å². The summed E-state index contributed by atoms with van der Waals surface area (Å²) in [6, 6.07) is 5.40. The summed E-state index contributed by atoms with van der Waals surface area (Å²) in [6.07, 6.45) is 0. The van der Waals surface area contributed by atoms with E-state index >= 15 is 0 Å². The molecule has 0 spiro atoms. The first kappa shape index (κ1) is 8.19. The van der Waals surface area contributed by atoms with Gasteiger partial charge in [0.25, 0.3) is 5.91 Å². The van der Waals surface area contributed by atoms with Crippen LogP contribution in [0.5, 0.6) is 0 Å². The minimum atomic E-state index is -0.0481. The second-order valence-corrected chi connectivity index (χ2v) is 3.32. The fourth-order valence-electron chi connectivity index (χ4n) is 1.48. The number of rotatable bonds is 1.